The molecule has 1 aliphatic rings. The van der Waals surface area contributed by atoms with E-state index in [-0.39, 0.29) is 0 Å². The van der Waals surface area contributed by atoms with Crippen molar-refractivity contribution in [3.63, 3.8) is 0 Å². The minimum atomic E-state index is 0.547. The summed E-state index contributed by atoms with van der Waals surface area (Å²) in [6.45, 7) is 10.0. The molecule has 0 bridgehead atoms. The van der Waals surface area contributed by atoms with Crippen LogP contribution in [0.15, 0.2) is 0 Å². The first-order chi connectivity index (χ1) is 6.77. The molecule has 0 aromatic carbocycles. The van der Waals surface area contributed by atoms with Gasteiger partial charge in [-0.1, -0.05) is 6.92 Å². The van der Waals surface area contributed by atoms with Crippen molar-refractivity contribution in [3.8, 4) is 0 Å². The summed E-state index contributed by atoms with van der Waals surface area (Å²) in [6, 6.07) is 0.547. The number of likely N-dealkylation sites (N-methyl/N-ethyl adjacent to an activating group) is 1. The molecule has 0 amide bonds. The standard InChI is InChI=1S/C11H24N2O/c1-4-13(10(2)9-14-3)8-11-5-6-12-7-11/h10-12H,4-9H2,1-3H3. The van der Waals surface area contributed by atoms with Gasteiger partial charge in [0.1, 0.15) is 0 Å². The third-order valence-electron chi connectivity index (χ3n) is 3.09. The smallest absolute Gasteiger partial charge is 0.0615 e. The molecular weight excluding hydrogens is 176 g/mol. The van der Waals surface area contributed by atoms with Gasteiger partial charge >= 0.3 is 0 Å². The molecule has 1 saturated heterocycles. The first kappa shape index (κ1) is 12.0. The van der Waals surface area contributed by atoms with Crippen LogP contribution in [0.4, 0.5) is 0 Å². The Morgan fingerprint density at radius 1 is 1.57 bits per heavy atom. The summed E-state index contributed by atoms with van der Waals surface area (Å²) in [6.07, 6.45) is 1.33. The third kappa shape index (κ3) is 3.56. The third-order valence-corrected chi connectivity index (χ3v) is 3.09. The average molecular weight is 200 g/mol. The van der Waals surface area contributed by atoms with E-state index in [1.807, 2.05) is 0 Å². The fourth-order valence-corrected chi connectivity index (χ4v) is 2.17. The van der Waals surface area contributed by atoms with Gasteiger partial charge in [0.2, 0.25) is 0 Å². The summed E-state index contributed by atoms with van der Waals surface area (Å²) in [4.78, 5) is 2.52. The number of methoxy groups -OCH3 is 1. The predicted octanol–water partition coefficient (Wildman–Crippen LogP) is 0.953. The van der Waals surface area contributed by atoms with Crippen LogP contribution in [0, 0.1) is 5.92 Å². The number of rotatable bonds is 6. The van der Waals surface area contributed by atoms with Gasteiger partial charge in [-0.15, -0.1) is 0 Å². The predicted molar refractivity (Wildman–Crippen MR) is 59.6 cm³/mol. The van der Waals surface area contributed by atoms with Crippen molar-refractivity contribution in [2.75, 3.05) is 39.9 Å². The first-order valence-electron chi connectivity index (χ1n) is 5.71. The van der Waals surface area contributed by atoms with Gasteiger partial charge in [-0.05, 0) is 38.9 Å². The Morgan fingerprint density at radius 2 is 2.36 bits per heavy atom. The zero-order chi connectivity index (χ0) is 10.4. The van der Waals surface area contributed by atoms with Gasteiger partial charge in [-0.3, -0.25) is 4.90 Å². The highest BCUT2D eigenvalue weighted by Gasteiger charge is 2.20. The summed E-state index contributed by atoms with van der Waals surface area (Å²) in [5.41, 5.74) is 0. The lowest BCUT2D eigenvalue weighted by atomic mass is 10.1. The van der Waals surface area contributed by atoms with Gasteiger partial charge in [0.25, 0.3) is 0 Å². The Balaban J connectivity index is 2.29. The maximum absolute atomic E-state index is 5.19. The molecule has 2 unspecified atom stereocenters. The maximum atomic E-state index is 5.19. The zero-order valence-corrected chi connectivity index (χ0v) is 9.75. The summed E-state index contributed by atoms with van der Waals surface area (Å²) in [5, 5.41) is 3.41. The number of ether oxygens (including phenoxy) is 1. The van der Waals surface area contributed by atoms with Crippen LogP contribution in [-0.2, 0) is 4.74 Å². The van der Waals surface area contributed by atoms with Crippen LogP contribution in [0.25, 0.3) is 0 Å². The second kappa shape index (κ2) is 6.38. The molecule has 3 nitrogen and oxygen atoms in total. The number of hydrogen-bond donors (Lipinski definition) is 1. The Morgan fingerprint density at radius 3 is 2.86 bits per heavy atom. The summed E-state index contributed by atoms with van der Waals surface area (Å²) >= 11 is 0. The van der Waals surface area contributed by atoms with Gasteiger partial charge in [0.05, 0.1) is 6.61 Å². The SMILES string of the molecule is CCN(CC1CCNC1)C(C)COC. The van der Waals surface area contributed by atoms with Crippen molar-refractivity contribution in [1.29, 1.82) is 0 Å². The molecule has 0 radical (unpaired) electrons. The van der Waals surface area contributed by atoms with Gasteiger partial charge in [0, 0.05) is 19.7 Å². The number of hydrogen-bond acceptors (Lipinski definition) is 3. The number of nitrogens with zero attached hydrogens (tertiary/aromatic N) is 1. The number of nitrogens with one attached hydrogen (secondary N) is 1. The van der Waals surface area contributed by atoms with E-state index in [1.54, 1.807) is 7.11 Å². The Labute approximate surface area is 87.8 Å². The van der Waals surface area contributed by atoms with E-state index in [9.17, 15) is 0 Å². The molecule has 3 heteroatoms. The Hall–Kier alpha value is -0.120. The van der Waals surface area contributed by atoms with Crippen LogP contribution < -0.4 is 5.32 Å². The largest absolute Gasteiger partial charge is 0.383 e. The van der Waals surface area contributed by atoms with Crippen LogP contribution in [0.2, 0.25) is 0 Å². The van der Waals surface area contributed by atoms with E-state index in [0.29, 0.717) is 6.04 Å². The van der Waals surface area contributed by atoms with Gasteiger partial charge in [0.15, 0.2) is 0 Å². The second-order valence-corrected chi connectivity index (χ2v) is 4.25. The molecule has 0 aromatic heterocycles. The molecule has 1 fully saturated rings. The van der Waals surface area contributed by atoms with E-state index in [2.05, 4.69) is 24.1 Å². The fourth-order valence-electron chi connectivity index (χ4n) is 2.17. The first-order valence-corrected chi connectivity index (χ1v) is 5.71. The van der Waals surface area contributed by atoms with Crippen LogP contribution in [0.3, 0.4) is 0 Å². The van der Waals surface area contributed by atoms with Crippen LogP contribution in [0.5, 0.6) is 0 Å². The highest BCUT2D eigenvalue weighted by molar-refractivity contribution is 4.76. The van der Waals surface area contributed by atoms with E-state index < -0.39 is 0 Å². The molecule has 14 heavy (non-hydrogen) atoms. The Bertz CT molecular complexity index is 146. The minimum absolute atomic E-state index is 0.547. The molecule has 1 aliphatic heterocycles. The molecule has 1 rings (SSSR count). The highest BCUT2D eigenvalue weighted by atomic mass is 16.5. The summed E-state index contributed by atoms with van der Waals surface area (Å²) in [7, 11) is 1.78. The van der Waals surface area contributed by atoms with E-state index in [1.165, 1.54) is 26.1 Å². The van der Waals surface area contributed by atoms with E-state index >= 15 is 0 Å². The van der Waals surface area contributed by atoms with E-state index in [0.717, 1.165) is 19.1 Å². The van der Waals surface area contributed by atoms with Crippen molar-refractivity contribution in [1.82, 2.24) is 10.2 Å². The molecule has 0 spiro atoms. The maximum Gasteiger partial charge on any atom is 0.0615 e. The lowest BCUT2D eigenvalue weighted by Gasteiger charge is -2.29. The van der Waals surface area contributed by atoms with Crippen molar-refractivity contribution in [3.05, 3.63) is 0 Å². The average Bonchev–Trinajstić information content (AvgIpc) is 2.66. The van der Waals surface area contributed by atoms with Crippen molar-refractivity contribution < 1.29 is 4.74 Å². The van der Waals surface area contributed by atoms with Crippen molar-refractivity contribution in [2.24, 2.45) is 5.92 Å². The normalized spacial score (nSPS) is 24.4. The molecule has 1 N–H and O–H groups in total. The van der Waals surface area contributed by atoms with Crippen molar-refractivity contribution >= 4 is 0 Å². The highest BCUT2D eigenvalue weighted by Crippen LogP contribution is 2.11. The van der Waals surface area contributed by atoms with Crippen LogP contribution >= 0.6 is 0 Å². The van der Waals surface area contributed by atoms with Crippen LogP contribution in [-0.4, -0.2) is 50.8 Å². The zero-order valence-electron chi connectivity index (χ0n) is 9.75. The lowest BCUT2D eigenvalue weighted by molar-refractivity contribution is 0.0934. The van der Waals surface area contributed by atoms with Crippen molar-refractivity contribution in [2.45, 2.75) is 26.3 Å². The lowest BCUT2D eigenvalue weighted by Crippen LogP contribution is -2.39. The topological polar surface area (TPSA) is 24.5 Å². The monoisotopic (exact) mass is 200 g/mol. The molecule has 0 saturated carbocycles. The molecule has 84 valence electrons. The minimum Gasteiger partial charge on any atom is -0.383 e. The fraction of sp³-hybridized carbons (Fsp3) is 1.00. The Kier molecular flexibility index (Phi) is 5.45. The van der Waals surface area contributed by atoms with Crippen LogP contribution in [0.1, 0.15) is 20.3 Å². The van der Waals surface area contributed by atoms with Gasteiger partial charge < -0.3 is 10.1 Å². The summed E-state index contributed by atoms with van der Waals surface area (Å²) < 4.78 is 5.19. The molecule has 1 heterocycles. The molecular formula is C11H24N2O. The second-order valence-electron chi connectivity index (χ2n) is 4.25. The molecule has 0 aliphatic carbocycles. The van der Waals surface area contributed by atoms with Gasteiger partial charge in [-0.25, -0.2) is 0 Å². The summed E-state index contributed by atoms with van der Waals surface area (Å²) in [5.74, 6) is 0.842. The molecule has 0 aromatic rings. The quantitative estimate of drug-likeness (QED) is 0.691. The van der Waals surface area contributed by atoms with E-state index in [4.69, 9.17) is 4.74 Å². The van der Waals surface area contributed by atoms with Gasteiger partial charge in [-0.2, -0.15) is 0 Å². The molecule has 2 atom stereocenters.